The average Bonchev–Trinajstić information content (AvgIpc) is 3.01. The van der Waals surface area contributed by atoms with Gasteiger partial charge in [-0.2, -0.15) is 0 Å². The number of halogens is 1. The largest absolute Gasteiger partial charge is 0.367 e. The van der Waals surface area contributed by atoms with E-state index < -0.39 is 0 Å². The summed E-state index contributed by atoms with van der Waals surface area (Å²) in [6, 6.07) is 13.2. The first-order valence-electron chi connectivity index (χ1n) is 10.3. The molecule has 2 aromatic rings. The molecule has 1 fully saturated rings. The molecule has 0 saturated carbocycles. The summed E-state index contributed by atoms with van der Waals surface area (Å²) in [5, 5.41) is 3.25. The number of amides is 2. The lowest BCUT2D eigenvalue weighted by Gasteiger charge is -2.38. The second-order valence-electron chi connectivity index (χ2n) is 7.67. The van der Waals surface area contributed by atoms with Crippen molar-refractivity contribution in [3.63, 3.8) is 0 Å². The minimum Gasteiger partial charge on any atom is -0.367 e. The SMILES string of the molecule is CN=C(NCCN1C(=O)c2ccccc2C1=O)N1CC(C)OC(c2ccc(F)cc2)C1. The van der Waals surface area contributed by atoms with Crippen molar-refractivity contribution in [3.05, 3.63) is 71.0 Å². The Morgan fingerprint density at radius 2 is 1.74 bits per heavy atom. The first-order valence-corrected chi connectivity index (χ1v) is 10.3. The summed E-state index contributed by atoms with van der Waals surface area (Å²) in [6.45, 7) is 3.81. The zero-order valence-electron chi connectivity index (χ0n) is 17.5. The molecule has 1 saturated heterocycles. The third-order valence-corrected chi connectivity index (χ3v) is 5.51. The molecule has 2 heterocycles. The van der Waals surface area contributed by atoms with Crippen LogP contribution in [0.2, 0.25) is 0 Å². The highest BCUT2D eigenvalue weighted by Gasteiger charge is 2.35. The maximum Gasteiger partial charge on any atom is 0.261 e. The van der Waals surface area contributed by atoms with Crippen LogP contribution in [-0.2, 0) is 4.74 Å². The van der Waals surface area contributed by atoms with Crippen molar-refractivity contribution in [2.75, 3.05) is 33.2 Å². The number of morpholine rings is 1. The highest BCUT2D eigenvalue weighted by Crippen LogP contribution is 2.26. The Bertz CT molecular complexity index is 973. The molecular formula is C23H25FN4O3. The molecule has 2 aliphatic heterocycles. The fourth-order valence-corrected chi connectivity index (χ4v) is 4.04. The van der Waals surface area contributed by atoms with Gasteiger partial charge in [-0.3, -0.25) is 19.5 Å². The van der Waals surface area contributed by atoms with E-state index in [4.69, 9.17) is 4.74 Å². The first-order chi connectivity index (χ1) is 15.0. The number of imide groups is 1. The monoisotopic (exact) mass is 424 g/mol. The van der Waals surface area contributed by atoms with Crippen LogP contribution in [0.3, 0.4) is 0 Å². The van der Waals surface area contributed by atoms with Gasteiger partial charge in [-0.25, -0.2) is 4.39 Å². The molecule has 7 nitrogen and oxygen atoms in total. The van der Waals surface area contributed by atoms with Crippen LogP contribution in [0.4, 0.5) is 4.39 Å². The summed E-state index contributed by atoms with van der Waals surface area (Å²) in [5.41, 5.74) is 1.79. The molecule has 2 aliphatic rings. The van der Waals surface area contributed by atoms with Crippen molar-refractivity contribution >= 4 is 17.8 Å². The summed E-state index contributed by atoms with van der Waals surface area (Å²) >= 11 is 0. The van der Waals surface area contributed by atoms with Gasteiger partial charge in [0.25, 0.3) is 11.8 Å². The Labute approximate surface area is 180 Å². The molecule has 0 aliphatic carbocycles. The van der Waals surface area contributed by atoms with Crippen molar-refractivity contribution < 1.29 is 18.7 Å². The normalized spacial score (nSPS) is 21.5. The molecule has 162 valence electrons. The van der Waals surface area contributed by atoms with Gasteiger partial charge in [0.1, 0.15) is 11.9 Å². The number of hydrogen-bond acceptors (Lipinski definition) is 4. The van der Waals surface area contributed by atoms with Gasteiger partial charge in [0.05, 0.1) is 23.8 Å². The van der Waals surface area contributed by atoms with Crippen LogP contribution in [0.15, 0.2) is 53.5 Å². The number of hydrogen-bond donors (Lipinski definition) is 1. The van der Waals surface area contributed by atoms with Crippen molar-refractivity contribution in [1.29, 1.82) is 0 Å². The number of nitrogens with one attached hydrogen (secondary N) is 1. The lowest BCUT2D eigenvalue weighted by Crippen LogP contribution is -2.52. The number of carbonyl (C=O) groups excluding carboxylic acids is 2. The smallest absolute Gasteiger partial charge is 0.261 e. The Morgan fingerprint density at radius 1 is 1.10 bits per heavy atom. The number of rotatable bonds is 4. The molecule has 2 aromatic carbocycles. The Kier molecular flexibility index (Phi) is 5.99. The van der Waals surface area contributed by atoms with E-state index in [9.17, 15) is 14.0 Å². The van der Waals surface area contributed by atoms with E-state index in [1.807, 2.05) is 6.92 Å². The number of benzene rings is 2. The lowest BCUT2D eigenvalue weighted by atomic mass is 10.1. The van der Waals surface area contributed by atoms with E-state index in [0.29, 0.717) is 36.7 Å². The van der Waals surface area contributed by atoms with Crippen LogP contribution in [0.5, 0.6) is 0 Å². The van der Waals surface area contributed by atoms with E-state index >= 15 is 0 Å². The minimum atomic E-state index is -0.282. The van der Waals surface area contributed by atoms with Gasteiger partial charge in [-0.1, -0.05) is 24.3 Å². The van der Waals surface area contributed by atoms with Gasteiger partial charge >= 0.3 is 0 Å². The van der Waals surface area contributed by atoms with Crippen LogP contribution >= 0.6 is 0 Å². The van der Waals surface area contributed by atoms with Crippen LogP contribution in [0, 0.1) is 5.82 Å². The number of aliphatic imine (C=N–C) groups is 1. The predicted molar refractivity (Wildman–Crippen MR) is 114 cm³/mol. The van der Waals surface area contributed by atoms with E-state index in [2.05, 4.69) is 15.2 Å². The van der Waals surface area contributed by atoms with E-state index in [1.54, 1.807) is 43.4 Å². The predicted octanol–water partition coefficient (Wildman–Crippen LogP) is 2.46. The Morgan fingerprint density at radius 3 is 2.35 bits per heavy atom. The minimum absolute atomic E-state index is 0.0430. The van der Waals surface area contributed by atoms with Crippen molar-refractivity contribution in [2.45, 2.75) is 19.1 Å². The van der Waals surface area contributed by atoms with Gasteiger partial charge in [-0.05, 0) is 36.8 Å². The number of carbonyl (C=O) groups is 2. The second-order valence-corrected chi connectivity index (χ2v) is 7.67. The highest BCUT2D eigenvalue weighted by molar-refractivity contribution is 6.21. The summed E-state index contributed by atoms with van der Waals surface area (Å²) in [4.78, 5) is 32.7. The lowest BCUT2D eigenvalue weighted by molar-refractivity contribution is -0.0605. The van der Waals surface area contributed by atoms with Crippen molar-refractivity contribution in [3.8, 4) is 0 Å². The summed E-state index contributed by atoms with van der Waals surface area (Å²) < 4.78 is 19.3. The van der Waals surface area contributed by atoms with Gasteiger partial charge in [-0.15, -0.1) is 0 Å². The number of fused-ring (bicyclic) bond motifs is 1. The van der Waals surface area contributed by atoms with E-state index in [1.165, 1.54) is 17.0 Å². The molecule has 4 rings (SSSR count). The number of guanidine groups is 1. The van der Waals surface area contributed by atoms with E-state index in [-0.39, 0.29) is 36.4 Å². The third kappa shape index (κ3) is 4.29. The fourth-order valence-electron chi connectivity index (χ4n) is 4.04. The van der Waals surface area contributed by atoms with Gasteiger partial charge in [0, 0.05) is 26.7 Å². The third-order valence-electron chi connectivity index (χ3n) is 5.51. The Hall–Kier alpha value is -3.26. The second kappa shape index (κ2) is 8.85. The first kappa shape index (κ1) is 21.0. The van der Waals surface area contributed by atoms with Crippen LogP contribution in [0.25, 0.3) is 0 Å². The van der Waals surface area contributed by atoms with E-state index in [0.717, 1.165) is 5.56 Å². The molecule has 1 N–H and O–H groups in total. The zero-order chi connectivity index (χ0) is 22.0. The molecule has 2 unspecified atom stereocenters. The van der Waals surface area contributed by atoms with Gasteiger partial charge < -0.3 is 15.0 Å². The zero-order valence-corrected chi connectivity index (χ0v) is 17.5. The summed E-state index contributed by atoms with van der Waals surface area (Å²) in [7, 11) is 1.69. The molecule has 0 bridgehead atoms. The summed E-state index contributed by atoms with van der Waals surface area (Å²) in [6.07, 6.45) is -0.252. The average molecular weight is 424 g/mol. The molecule has 2 amide bonds. The van der Waals surface area contributed by atoms with Crippen molar-refractivity contribution in [2.24, 2.45) is 4.99 Å². The molecular weight excluding hydrogens is 399 g/mol. The molecule has 0 radical (unpaired) electrons. The van der Waals surface area contributed by atoms with Gasteiger partial charge in [0.2, 0.25) is 0 Å². The van der Waals surface area contributed by atoms with Crippen molar-refractivity contribution in [1.82, 2.24) is 15.1 Å². The maximum absolute atomic E-state index is 13.3. The maximum atomic E-state index is 13.3. The van der Waals surface area contributed by atoms with Crippen LogP contribution in [0.1, 0.15) is 39.3 Å². The topological polar surface area (TPSA) is 74.2 Å². The molecule has 2 atom stereocenters. The van der Waals surface area contributed by atoms with Crippen LogP contribution in [-0.4, -0.2) is 66.9 Å². The summed E-state index contributed by atoms with van der Waals surface area (Å²) in [5.74, 6) is -0.156. The molecule has 0 spiro atoms. The molecule has 31 heavy (non-hydrogen) atoms. The standard InChI is InChI=1S/C23H25FN4O3/c1-15-13-27(14-20(31-15)16-7-9-17(24)10-8-16)23(25-2)26-11-12-28-21(29)18-5-3-4-6-19(18)22(28)30/h3-10,15,20H,11-14H2,1-2H3,(H,25,26). The number of ether oxygens (including phenoxy) is 1. The molecule has 8 heteroatoms. The van der Waals surface area contributed by atoms with Crippen LogP contribution < -0.4 is 5.32 Å². The van der Waals surface area contributed by atoms with Gasteiger partial charge in [0.15, 0.2) is 5.96 Å². The number of nitrogens with zero attached hydrogens (tertiary/aromatic N) is 3. The quantitative estimate of drug-likeness (QED) is 0.464. The highest BCUT2D eigenvalue weighted by atomic mass is 19.1. The Balaban J connectivity index is 1.37. The fraction of sp³-hybridized carbons (Fsp3) is 0.348. The molecule has 0 aromatic heterocycles.